The molecule has 0 aliphatic rings. The first-order valence-corrected chi connectivity index (χ1v) is 9.12. The van der Waals surface area contributed by atoms with Crippen molar-refractivity contribution in [1.82, 2.24) is 0 Å². The summed E-state index contributed by atoms with van der Waals surface area (Å²) < 4.78 is 6.32. The molecular weight excluding hydrogens is 216 g/mol. The third-order valence-corrected chi connectivity index (χ3v) is 8.16. The molecule has 0 saturated heterocycles. The Balaban J connectivity index is 4.20. The Labute approximate surface area is 102 Å². The van der Waals surface area contributed by atoms with E-state index in [1.165, 1.54) is 18.1 Å². The van der Waals surface area contributed by atoms with Gasteiger partial charge < -0.3 is 9.53 Å². The monoisotopic (exact) mass is 244 g/mol. The predicted octanol–water partition coefficient (Wildman–Crippen LogP) is 3.73. The second kappa shape index (κ2) is 8.96. The third-order valence-electron chi connectivity index (χ3n) is 3.49. The Morgan fingerprint density at radius 2 is 1.75 bits per heavy atom. The Morgan fingerprint density at radius 3 is 2.12 bits per heavy atom. The van der Waals surface area contributed by atoms with Crippen LogP contribution in [0.25, 0.3) is 0 Å². The molecule has 0 unspecified atom stereocenters. The molecule has 0 aromatic rings. The average molecular weight is 244 g/mol. The van der Waals surface area contributed by atoms with Gasteiger partial charge in [-0.3, -0.25) is 0 Å². The quantitative estimate of drug-likeness (QED) is 0.360. The molecule has 0 spiro atoms. The molecule has 16 heavy (non-hydrogen) atoms. The second-order valence-electron chi connectivity index (χ2n) is 4.36. The Hall–Kier alpha value is -0.123. The van der Waals surface area contributed by atoms with Crippen molar-refractivity contribution in [1.29, 1.82) is 0 Å². The topological polar surface area (TPSA) is 29.5 Å². The van der Waals surface area contributed by atoms with E-state index in [0.29, 0.717) is 0 Å². The summed E-state index contributed by atoms with van der Waals surface area (Å²) in [4.78, 5) is 0. The van der Waals surface area contributed by atoms with E-state index in [4.69, 9.17) is 9.53 Å². The zero-order chi connectivity index (χ0) is 12.4. The van der Waals surface area contributed by atoms with E-state index in [-0.39, 0.29) is 12.7 Å². The predicted molar refractivity (Wildman–Crippen MR) is 73.2 cm³/mol. The summed E-state index contributed by atoms with van der Waals surface area (Å²) in [6.07, 6.45) is 5.01. The lowest BCUT2D eigenvalue weighted by Gasteiger charge is -2.32. The number of rotatable bonds is 10. The number of hydrogen-bond donors (Lipinski definition) is 1. The SMILES string of the molecule is C=C[C@@H](CCCCO)O[Si](CC)(CC)CC. The summed E-state index contributed by atoms with van der Waals surface area (Å²) in [5.41, 5.74) is 0. The number of unbranched alkanes of at least 4 members (excludes halogenated alkanes) is 1. The summed E-state index contributed by atoms with van der Waals surface area (Å²) in [5, 5.41) is 8.76. The van der Waals surface area contributed by atoms with E-state index in [1.54, 1.807) is 0 Å². The lowest BCUT2D eigenvalue weighted by Crippen LogP contribution is -2.39. The maximum atomic E-state index is 8.76. The molecule has 0 saturated carbocycles. The number of aliphatic hydroxyl groups excluding tert-OH is 1. The molecule has 0 radical (unpaired) electrons. The first-order chi connectivity index (χ1) is 7.67. The van der Waals surface area contributed by atoms with Crippen molar-refractivity contribution in [2.45, 2.75) is 64.3 Å². The number of aliphatic hydroxyl groups is 1. The van der Waals surface area contributed by atoms with Gasteiger partial charge in [0.25, 0.3) is 0 Å². The molecule has 0 amide bonds. The van der Waals surface area contributed by atoms with Gasteiger partial charge in [0.1, 0.15) is 0 Å². The summed E-state index contributed by atoms with van der Waals surface area (Å²) in [5.74, 6) is 0. The molecule has 1 atom stereocenters. The fourth-order valence-corrected chi connectivity index (χ4v) is 4.86. The van der Waals surface area contributed by atoms with Gasteiger partial charge in [0, 0.05) is 6.61 Å². The maximum Gasteiger partial charge on any atom is 0.192 e. The van der Waals surface area contributed by atoms with Crippen LogP contribution in [0.15, 0.2) is 12.7 Å². The van der Waals surface area contributed by atoms with Crippen molar-refractivity contribution in [2.24, 2.45) is 0 Å². The van der Waals surface area contributed by atoms with E-state index in [0.717, 1.165) is 19.3 Å². The molecule has 1 N–H and O–H groups in total. The molecule has 3 heteroatoms. The summed E-state index contributed by atoms with van der Waals surface area (Å²) >= 11 is 0. The van der Waals surface area contributed by atoms with Gasteiger partial charge in [-0.2, -0.15) is 0 Å². The van der Waals surface area contributed by atoms with Gasteiger partial charge in [-0.25, -0.2) is 0 Å². The second-order valence-corrected chi connectivity index (χ2v) is 9.08. The first-order valence-electron chi connectivity index (χ1n) is 6.59. The third kappa shape index (κ3) is 5.28. The molecule has 96 valence electrons. The highest BCUT2D eigenvalue weighted by Gasteiger charge is 2.30. The van der Waals surface area contributed by atoms with E-state index in [2.05, 4.69) is 27.4 Å². The fourth-order valence-electron chi connectivity index (χ4n) is 2.00. The highest BCUT2D eigenvalue weighted by atomic mass is 28.4. The van der Waals surface area contributed by atoms with Gasteiger partial charge in [-0.1, -0.05) is 26.8 Å². The Morgan fingerprint density at radius 1 is 1.19 bits per heavy atom. The minimum atomic E-state index is -1.50. The van der Waals surface area contributed by atoms with Crippen LogP contribution in [-0.4, -0.2) is 26.1 Å². The van der Waals surface area contributed by atoms with E-state index in [9.17, 15) is 0 Å². The molecule has 0 fully saturated rings. The van der Waals surface area contributed by atoms with Crippen LogP contribution in [0.5, 0.6) is 0 Å². The molecule has 0 aliphatic carbocycles. The van der Waals surface area contributed by atoms with Crippen LogP contribution in [0.1, 0.15) is 40.0 Å². The van der Waals surface area contributed by atoms with E-state index >= 15 is 0 Å². The zero-order valence-corrected chi connectivity index (χ0v) is 12.2. The zero-order valence-electron chi connectivity index (χ0n) is 11.2. The minimum absolute atomic E-state index is 0.193. The summed E-state index contributed by atoms with van der Waals surface area (Å²) in [6, 6.07) is 3.55. The molecule has 0 aromatic carbocycles. The van der Waals surface area contributed by atoms with Crippen LogP contribution >= 0.6 is 0 Å². The number of hydrogen-bond acceptors (Lipinski definition) is 2. The molecule has 2 nitrogen and oxygen atoms in total. The average Bonchev–Trinajstić information content (AvgIpc) is 2.34. The van der Waals surface area contributed by atoms with E-state index in [1.807, 2.05) is 6.08 Å². The van der Waals surface area contributed by atoms with Crippen LogP contribution in [0.2, 0.25) is 18.1 Å². The summed E-state index contributed by atoms with van der Waals surface area (Å²) in [6.45, 7) is 10.9. The fraction of sp³-hybridized carbons (Fsp3) is 0.846. The molecule has 0 heterocycles. The van der Waals surface area contributed by atoms with Crippen molar-refractivity contribution in [3.8, 4) is 0 Å². The highest BCUT2D eigenvalue weighted by Crippen LogP contribution is 2.25. The van der Waals surface area contributed by atoms with Crippen LogP contribution in [-0.2, 0) is 4.43 Å². The van der Waals surface area contributed by atoms with Crippen molar-refractivity contribution in [2.75, 3.05) is 6.61 Å². The van der Waals surface area contributed by atoms with Crippen molar-refractivity contribution in [3.63, 3.8) is 0 Å². The normalized spacial score (nSPS) is 13.8. The Bertz CT molecular complexity index is 171. The van der Waals surface area contributed by atoms with Crippen molar-refractivity contribution >= 4 is 8.32 Å². The highest BCUT2D eigenvalue weighted by molar-refractivity contribution is 6.73. The minimum Gasteiger partial charge on any atom is -0.411 e. The lowest BCUT2D eigenvalue weighted by atomic mass is 10.1. The van der Waals surface area contributed by atoms with Crippen LogP contribution < -0.4 is 0 Å². The van der Waals surface area contributed by atoms with Crippen LogP contribution in [0.3, 0.4) is 0 Å². The van der Waals surface area contributed by atoms with Gasteiger partial charge in [0.2, 0.25) is 0 Å². The standard InChI is InChI=1S/C13H28O2Si/c1-5-13(11-9-10-12-14)15-16(6-2,7-3)8-4/h5,13-14H,1,6-12H2,2-4H3/t13-/m0/s1. The first kappa shape index (κ1) is 15.9. The van der Waals surface area contributed by atoms with Crippen molar-refractivity contribution < 1.29 is 9.53 Å². The van der Waals surface area contributed by atoms with Gasteiger partial charge in [0.15, 0.2) is 8.32 Å². The smallest absolute Gasteiger partial charge is 0.192 e. The largest absolute Gasteiger partial charge is 0.411 e. The van der Waals surface area contributed by atoms with Crippen LogP contribution in [0.4, 0.5) is 0 Å². The Kier molecular flexibility index (Phi) is 8.90. The van der Waals surface area contributed by atoms with Gasteiger partial charge in [-0.15, -0.1) is 6.58 Å². The van der Waals surface area contributed by atoms with Gasteiger partial charge >= 0.3 is 0 Å². The summed E-state index contributed by atoms with van der Waals surface area (Å²) in [7, 11) is -1.50. The maximum absolute atomic E-state index is 8.76. The van der Waals surface area contributed by atoms with E-state index < -0.39 is 8.32 Å². The van der Waals surface area contributed by atoms with Gasteiger partial charge in [-0.05, 0) is 37.4 Å². The molecule has 0 bridgehead atoms. The van der Waals surface area contributed by atoms with Crippen molar-refractivity contribution in [3.05, 3.63) is 12.7 Å². The molecule has 0 aromatic heterocycles. The molecular formula is C13H28O2Si. The van der Waals surface area contributed by atoms with Gasteiger partial charge in [0.05, 0.1) is 6.10 Å². The lowest BCUT2D eigenvalue weighted by molar-refractivity contribution is 0.210. The molecule has 0 rings (SSSR count). The van der Waals surface area contributed by atoms with Crippen LogP contribution in [0, 0.1) is 0 Å². The molecule has 0 aliphatic heterocycles.